The quantitative estimate of drug-likeness (QED) is 0.814. The van der Waals surface area contributed by atoms with Crippen LogP contribution in [-0.2, 0) is 19.4 Å². The molecule has 0 saturated carbocycles. The van der Waals surface area contributed by atoms with Gasteiger partial charge in [-0.2, -0.15) is 0 Å². The number of carbonyl (C=O) groups is 1. The van der Waals surface area contributed by atoms with Crippen LogP contribution in [0.2, 0.25) is 0 Å². The van der Waals surface area contributed by atoms with Gasteiger partial charge in [-0.3, -0.25) is 9.59 Å². The standard InChI is InChI=1S/C22H31N3O2/c1-7-17-10-9-11-18(8-2)21(17)23-22(27)20-16(4)25(13-12-24(5)6)15(3)14-19(20)26/h9-11,14H,7-8,12-13H2,1-6H3,(H,23,27). The zero-order valence-electron chi connectivity index (χ0n) is 17.3. The second-order valence-electron chi connectivity index (χ2n) is 7.18. The van der Waals surface area contributed by atoms with Gasteiger partial charge in [-0.15, -0.1) is 0 Å². The van der Waals surface area contributed by atoms with E-state index >= 15 is 0 Å². The van der Waals surface area contributed by atoms with Gasteiger partial charge in [0.1, 0.15) is 5.56 Å². The molecular weight excluding hydrogens is 338 g/mol. The van der Waals surface area contributed by atoms with Crippen molar-refractivity contribution in [3.8, 4) is 0 Å². The molecule has 5 heteroatoms. The number of hydrogen-bond acceptors (Lipinski definition) is 3. The molecule has 1 aromatic carbocycles. The van der Waals surface area contributed by atoms with Crippen LogP contribution in [0.1, 0.15) is 46.7 Å². The van der Waals surface area contributed by atoms with Crippen LogP contribution in [0.15, 0.2) is 29.1 Å². The van der Waals surface area contributed by atoms with E-state index in [0.29, 0.717) is 5.69 Å². The molecule has 0 unspecified atom stereocenters. The van der Waals surface area contributed by atoms with Crippen LogP contribution in [0.4, 0.5) is 5.69 Å². The van der Waals surface area contributed by atoms with E-state index in [1.54, 1.807) is 6.07 Å². The molecule has 1 aromatic heterocycles. The monoisotopic (exact) mass is 369 g/mol. The molecule has 0 atom stereocenters. The van der Waals surface area contributed by atoms with Gasteiger partial charge in [-0.05, 0) is 51.9 Å². The summed E-state index contributed by atoms with van der Waals surface area (Å²) < 4.78 is 2.04. The number of anilines is 1. The van der Waals surface area contributed by atoms with Crippen molar-refractivity contribution in [3.05, 3.63) is 62.6 Å². The van der Waals surface area contributed by atoms with Crippen LogP contribution in [0.25, 0.3) is 0 Å². The van der Waals surface area contributed by atoms with Gasteiger partial charge >= 0.3 is 0 Å². The SMILES string of the molecule is CCc1cccc(CC)c1NC(=O)c1c(C)n(CCN(C)C)c(C)cc1=O. The van der Waals surface area contributed by atoms with E-state index in [0.717, 1.165) is 48.4 Å². The summed E-state index contributed by atoms with van der Waals surface area (Å²) in [4.78, 5) is 27.8. The van der Waals surface area contributed by atoms with Crippen molar-refractivity contribution in [1.29, 1.82) is 0 Å². The number of hydrogen-bond donors (Lipinski definition) is 1. The summed E-state index contributed by atoms with van der Waals surface area (Å²) in [7, 11) is 4.02. The summed E-state index contributed by atoms with van der Waals surface area (Å²) in [5.74, 6) is -0.327. The van der Waals surface area contributed by atoms with Crippen LogP contribution in [0, 0.1) is 13.8 Å². The zero-order chi connectivity index (χ0) is 20.1. The molecule has 0 bridgehead atoms. The number of aromatic nitrogens is 1. The first-order valence-corrected chi connectivity index (χ1v) is 9.58. The molecule has 146 valence electrons. The summed E-state index contributed by atoms with van der Waals surface area (Å²) in [6.45, 7) is 9.46. The van der Waals surface area contributed by atoms with Crippen molar-refractivity contribution in [3.63, 3.8) is 0 Å². The molecule has 0 aliphatic carbocycles. The van der Waals surface area contributed by atoms with Crippen LogP contribution in [-0.4, -0.2) is 36.0 Å². The predicted octanol–water partition coefficient (Wildman–Crippen LogP) is 3.40. The van der Waals surface area contributed by atoms with Gasteiger partial charge in [0, 0.05) is 36.2 Å². The van der Waals surface area contributed by atoms with Gasteiger partial charge in [-0.25, -0.2) is 0 Å². The van der Waals surface area contributed by atoms with Crippen LogP contribution in [0.5, 0.6) is 0 Å². The third-order valence-corrected chi connectivity index (χ3v) is 5.01. The maximum Gasteiger partial charge on any atom is 0.261 e. The number of aryl methyl sites for hydroxylation is 3. The molecule has 0 aliphatic heterocycles. The molecule has 0 aliphatic rings. The minimum absolute atomic E-state index is 0.226. The van der Waals surface area contributed by atoms with Gasteiger partial charge in [0.25, 0.3) is 5.91 Å². The topological polar surface area (TPSA) is 54.3 Å². The number of nitrogens with one attached hydrogen (secondary N) is 1. The minimum Gasteiger partial charge on any atom is -0.347 e. The second-order valence-corrected chi connectivity index (χ2v) is 7.18. The molecule has 1 heterocycles. The lowest BCUT2D eigenvalue weighted by Crippen LogP contribution is -2.29. The third-order valence-electron chi connectivity index (χ3n) is 5.01. The Labute approximate surface area is 162 Å². The number of pyridine rings is 1. The number of rotatable bonds is 7. The lowest BCUT2D eigenvalue weighted by molar-refractivity contribution is 0.102. The summed E-state index contributed by atoms with van der Waals surface area (Å²) in [6.07, 6.45) is 1.65. The highest BCUT2D eigenvalue weighted by molar-refractivity contribution is 6.05. The molecular formula is C22H31N3O2. The van der Waals surface area contributed by atoms with Crippen molar-refractivity contribution in [2.24, 2.45) is 0 Å². The normalized spacial score (nSPS) is 11.1. The first kappa shape index (κ1) is 20.9. The number of para-hydroxylation sites is 1. The summed E-state index contributed by atoms with van der Waals surface area (Å²) in [6, 6.07) is 7.61. The lowest BCUT2D eigenvalue weighted by atomic mass is 10.0. The Morgan fingerprint density at radius 3 is 2.22 bits per heavy atom. The van der Waals surface area contributed by atoms with Gasteiger partial charge < -0.3 is 14.8 Å². The van der Waals surface area contributed by atoms with E-state index in [4.69, 9.17) is 0 Å². The van der Waals surface area contributed by atoms with Crippen molar-refractivity contribution >= 4 is 11.6 Å². The molecule has 5 nitrogen and oxygen atoms in total. The van der Waals surface area contributed by atoms with E-state index in [1.165, 1.54) is 0 Å². The van der Waals surface area contributed by atoms with E-state index in [9.17, 15) is 9.59 Å². The summed E-state index contributed by atoms with van der Waals surface area (Å²) in [5, 5.41) is 3.03. The van der Waals surface area contributed by atoms with Gasteiger partial charge in [-0.1, -0.05) is 32.0 Å². The Morgan fingerprint density at radius 2 is 1.70 bits per heavy atom. The zero-order valence-corrected chi connectivity index (χ0v) is 17.3. The summed E-state index contributed by atoms with van der Waals surface area (Å²) >= 11 is 0. The molecule has 1 amide bonds. The number of benzene rings is 1. The molecule has 0 saturated heterocycles. The number of likely N-dealkylation sites (N-methyl/N-ethyl adjacent to an activating group) is 1. The first-order chi connectivity index (χ1) is 12.8. The van der Waals surface area contributed by atoms with Crippen molar-refractivity contribution in [1.82, 2.24) is 9.47 Å². The van der Waals surface area contributed by atoms with Gasteiger partial charge in [0.05, 0.1) is 0 Å². The molecule has 0 fully saturated rings. The Morgan fingerprint density at radius 1 is 1.11 bits per heavy atom. The number of amides is 1. The van der Waals surface area contributed by atoms with E-state index in [-0.39, 0.29) is 16.9 Å². The first-order valence-electron chi connectivity index (χ1n) is 9.58. The fourth-order valence-corrected chi connectivity index (χ4v) is 3.42. The maximum absolute atomic E-state index is 13.1. The lowest BCUT2D eigenvalue weighted by Gasteiger charge is -2.20. The Bertz CT molecular complexity index is 860. The highest BCUT2D eigenvalue weighted by atomic mass is 16.2. The molecule has 27 heavy (non-hydrogen) atoms. The van der Waals surface area contributed by atoms with Crippen molar-refractivity contribution in [2.75, 3.05) is 26.0 Å². The Balaban J connectivity index is 2.46. The molecule has 2 rings (SSSR count). The van der Waals surface area contributed by atoms with E-state index in [2.05, 4.69) is 24.1 Å². The molecule has 0 radical (unpaired) electrons. The third kappa shape index (κ3) is 4.66. The van der Waals surface area contributed by atoms with Crippen molar-refractivity contribution in [2.45, 2.75) is 47.1 Å². The predicted molar refractivity (Wildman–Crippen MR) is 112 cm³/mol. The molecule has 1 N–H and O–H groups in total. The van der Waals surface area contributed by atoms with Gasteiger partial charge in [0.2, 0.25) is 0 Å². The summed E-state index contributed by atoms with van der Waals surface area (Å²) in [5.41, 5.74) is 4.60. The van der Waals surface area contributed by atoms with Crippen LogP contribution >= 0.6 is 0 Å². The average Bonchev–Trinajstić information content (AvgIpc) is 2.61. The maximum atomic E-state index is 13.1. The molecule has 0 spiro atoms. The Hall–Kier alpha value is -2.40. The van der Waals surface area contributed by atoms with Crippen molar-refractivity contribution < 1.29 is 4.79 Å². The van der Waals surface area contributed by atoms with Crippen LogP contribution < -0.4 is 10.7 Å². The van der Waals surface area contributed by atoms with Crippen LogP contribution in [0.3, 0.4) is 0 Å². The molecule has 2 aromatic rings. The van der Waals surface area contributed by atoms with E-state index < -0.39 is 0 Å². The van der Waals surface area contributed by atoms with E-state index in [1.807, 2.05) is 50.7 Å². The minimum atomic E-state index is -0.327. The highest BCUT2D eigenvalue weighted by Gasteiger charge is 2.19. The Kier molecular flexibility index (Phi) is 6.97. The van der Waals surface area contributed by atoms with Gasteiger partial charge in [0.15, 0.2) is 5.43 Å². The number of carbonyl (C=O) groups excluding carboxylic acids is 1. The highest BCUT2D eigenvalue weighted by Crippen LogP contribution is 2.23. The average molecular weight is 370 g/mol. The number of nitrogens with zero attached hydrogens (tertiary/aromatic N) is 2. The second kappa shape index (κ2) is 9.00. The fourth-order valence-electron chi connectivity index (χ4n) is 3.42. The fraction of sp³-hybridized carbons (Fsp3) is 0.455. The smallest absolute Gasteiger partial charge is 0.261 e. The largest absolute Gasteiger partial charge is 0.347 e.